The van der Waals surface area contributed by atoms with Crippen LogP contribution in [0.15, 0.2) is 60.7 Å². The second-order valence-electron chi connectivity index (χ2n) is 7.83. The standard InChI is InChI=1S/C26H32N4O3.ClH/c1-4-24(30(5-2)6-3)23-16-15-20(21-9-7-8-10-22(21)23)17-27-28-25(31)18-11-13-19(14-12-18)26(32)29-33;/h7-16,24,27,33H,4-6,17H2,1-3H3,(H,28,31)(H,29,32);1H. The zero-order valence-electron chi connectivity index (χ0n) is 19.8. The number of hydrazine groups is 1. The van der Waals surface area contributed by atoms with Crippen molar-refractivity contribution in [2.24, 2.45) is 0 Å². The number of hydrogen-bond donors (Lipinski definition) is 4. The average Bonchev–Trinajstić information content (AvgIpc) is 2.87. The van der Waals surface area contributed by atoms with E-state index < -0.39 is 5.91 Å². The third kappa shape index (κ3) is 6.12. The highest BCUT2D eigenvalue weighted by Crippen LogP contribution is 2.32. The molecule has 0 saturated heterocycles. The van der Waals surface area contributed by atoms with E-state index in [9.17, 15) is 9.59 Å². The number of hydrogen-bond acceptors (Lipinski definition) is 5. The Morgan fingerprint density at radius 1 is 0.853 bits per heavy atom. The fraction of sp³-hybridized carbons (Fsp3) is 0.308. The molecule has 0 aromatic heterocycles. The van der Waals surface area contributed by atoms with Crippen LogP contribution in [0, 0.1) is 0 Å². The number of nitrogens with zero attached hydrogens (tertiary/aromatic N) is 1. The number of nitrogens with one attached hydrogen (secondary N) is 3. The molecule has 0 aliphatic rings. The van der Waals surface area contributed by atoms with Crippen molar-refractivity contribution in [1.82, 2.24) is 21.2 Å². The van der Waals surface area contributed by atoms with E-state index in [1.165, 1.54) is 40.6 Å². The van der Waals surface area contributed by atoms with Gasteiger partial charge in [-0.15, -0.1) is 12.4 Å². The van der Waals surface area contributed by atoms with Crippen LogP contribution in [0.25, 0.3) is 10.8 Å². The molecular weight excluding hydrogens is 452 g/mol. The third-order valence-electron chi connectivity index (χ3n) is 6.04. The Balaban J connectivity index is 0.00000408. The molecule has 0 heterocycles. The van der Waals surface area contributed by atoms with Gasteiger partial charge in [-0.1, -0.05) is 57.2 Å². The highest BCUT2D eigenvalue weighted by molar-refractivity contribution is 5.97. The Labute approximate surface area is 206 Å². The summed E-state index contributed by atoms with van der Waals surface area (Å²) in [7, 11) is 0. The van der Waals surface area contributed by atoms with Gasteiger partial charge in [0, 0.05) is 23.7 Å². The van der Waals surface area contributed by atoms with E-state index in [1.807, 2.05) is 6.07 Å². The lowest BCUT2D eigenvalue weighted by Crippen LogP contribution is -2.36. The van der Waals surface area contributed by atoms with E-state index in [-0.39, 0.29) is 23.9 Å². The number of fused-ring (bicyclic) bond motifs is 1. The molecule has 3 rings (SSSR count). The van der Waals surface area contributed by atoms with Crippen LogP contribution in [0.2, 0.25) is 0 Å². The molecular formula is C26H33ClN4O3. The average molecular weight is 485 g/mol. The topological polar surface area (TPSA) is 93.7 Å². The SMILES string of the molecule is CCC(c1ccc(CNNC(=O)c2ccc(C(=O)NO)cc2)c2ccccc12)N(CC)CC.Cl. The van der Waals surface area contributed by atoms with Gasteiger partial charge in [-0.3, -0.25) is 25.1 Å². The van der Waals surface area contributed by atoms with Crippen LogP contribution < -0.4 is 16.3 Å². The fourth-order valence-corrected chi connectivity index (χ4v) is 4.30. The summed E-state index contributed by atoms with van der Waals surface area (Å²) in [5.41, 5.74) is 10.4. The first-order chi connectivity index (χ1) is 16.0. The minimum absolute atomic E-state index is 0. The summed E-state index contributed by atoms with van der Waals surface area (Å²) in [6.07, 6.45) is 1.04. The van der Waals surface area contributed by atoms with Crippen LogP contribution in [0.4, 0.5) is 0 Å². The van der Waals surface area contributed by atoms with E-state index in [1.54, 1.807) is 5.48 Å². The Morgan fingerprint density at radius 3 is 2.00 bits per heavy atom. The van der Waals surface area contributed by atoms with Gasteiger partial charge in [-0.2, -0.15) is 0 Å². The first kappa shape index (κ1) is 27.3. The molecule has 0 bridgehead atoms. The van der Waals surface area contributed by atoms with E-state index in [4.69, 9.17) is 5.21 Å². The molecule has 34 heavy (non-hydrogen) atoms. The smallest absolute Gasteiger partial charge is 0.274 e. The Bertz CT molecular complexity index is 1100. The third-order valence-corrected chi connectivity index (χ3v) is 6.04. The molecule has 0 aliphatic carbocycles. The fourth-order valence-electron chi connectivity index (χ4n) is 4.30. The first-order valence-corrected chi connectivity index (χ1v) is 11.4. The van der Waals surface area contributed by atoms with Gasteiger partial charge in [-0.05, 0) is 65.7 Å². The van der Waals surface area contributed by atoms with Crippen LogP contribution in [-0.2, 0) is 6.54 Å². The van der Waals surface area contributed by atoms with E-state index in [0.29, 0.717) is 18.2 Å². The molecule has 8 heteroatoms. The molecule has 2 amide bonds. The number of benzene rings is 3. The molecule has 1 unspecified atom stereocenters. The summed E-state index contributed by atoms with van der Waals surface area (Å²) < 4.78 is 0. The zero-order chi connectivity index (χ0) is 23.8. The Kier molecular flexibility index (Phi) is 10.5. The molecule has 182 valence electrons. The summed E-state index contributed by atoms with van der Waals surface area (Å²) in [4.78, 5) is 26.3. The predicted molar refractivity (Wildman–Crippen MR) is 137 cm³/mol. The van der Waals surface area contributed by atoms with Crippen LogP contribution >= 0.6 is 12.4 Å². The number of rotatable bonds is 10. The predicted octanol–water partition coefficient (Wildman–Crippen LogP) is 4.61. The number of amides is 2. The van der Waals surface area contributed by atoms with Crippen molar-refractivity contribution >= 4 is 35.0 Å². The number of hydroxylamine groups is 1. The maximum absolute atomic E-state index is 12.4. The van der Waals surface area contributed by atoms with Gasteiger partial charge in [0.25, 0.3) is 11.8 Å². The van der Waals surface area contributed by atoms with Gasteiger partial charge in [-0.25, -0.2) is 10.9 Å². The Hall–Kier alpha value is -2.97. The van der Waals surface area contributed by atoms with Crippen LogP contribution in [-0.4, -0.2) is 35.0 Å². The largest absolute Gasteiger partial charge is 0.297 e. The molecule has 0 spiro atoms. The normalized spacial score (nSPS) is 11.7. The van der Waals surface area contributed by atoms with E-state index in [2.05, 4.69) is 66.9 Å². The van der Waals surface area contributed by atoms with Gasteiger partial charge < -0.3 is 0 Å². The van der Waals surface area contributed by atoms with Gasteiger partial charge in [0.1, 0.15) is 0 Å². The number of carbonyl (C=O) groups is 2. The lowest BCUT2D eigenvalue weighted by molar-refractivity contribution is 0.0706. The lowest BCUT2D eigenvalue weighted by atomic mass is 9.93. The monoisotopic (exact) mass is 484 g/mol. The highest BCUT2D eigenvalue weighted by atomic mass is 35.5. The number of carbonyl (C=O) groups excluding carboxylic acids is 2. The quantitative estimate of drug-likeness (QED) is 0.249. The highest BCUT2D eigenvalue weighted by Gasteiger charge is 2.19. The summed E-state index contributed by atoms with van der Waals surface area (Å²) >= 11 is 0. The van der Waals surface area contributed by atoms with Crippen molar-refractivity contribution < 1.29 is 14.8 Å². The molecule has 4 N–H and O–H groups in total. The molecule has 0 saturated carbocycles. The minimum Gasteiger partial charge on any atom is -0.297 e. The van der Waals surface area contributed by atoms with Gasteiger partial charge >= 0.3 is 0 Å². The maximum Gasteiger partial charge on any atom is 0.274 e. The van der Waals surface area contributed by atoms with E-state index in [0.717, 1.165) is 25.1 Å². The van der Waals surface area contributed by atoms with Gasteiger partial charge in [0.2, 0.25) is 0 Å². The van der Waals surface area contributed by atoms with Crippen LogP contribution in [0.1, 0.15) is 65.1 Å². The van der Waals surface area contributed by atoms with Crippen molar-refractivity contribution in [1.29, 1.82) is 0 Å². The summed E-state index contributed by atoms with van der Waals surface area (Å²) in [6, 6.07) is 19.1. The molecule has 1 atom stereocenters. The van der Waals surface area contributed by atoms with Crippen LogP contribution in [0.5, 0.6) is 0 Å². The zero-order valence-corrected chi connectivity index (χ0v) is 20.6. The second kappa shape index (κ2) is 13.1. The molecule has 3 aromatic carbocycles. The van der Waals surface area contributed by atoms with Crippen LogP contribution in [0.3, 0.4) is 0 Å². The second-order valence-corrected chi connectivity index (χ2v) is 7.83. The molecule has 3 aromatic rings. The maximum atomic E-state index is 12.4. The van der Waals surface area contributed by atoms with Gasteiger partial charge in [0.15, 0.2) is 0 Å². The van der Waals surface area contributed by atoms with E-state index >= 15 is 0 Å². The van der Waals surface area contributed by atoms with Crippen molar-refractivity contribution in [2.45, 2.75) is 39.8 Å². The summed E-state index contributed by atoms with van der Waals surface area (Å²) in [5.74, 6) is -0.929. The molecule has 7 nitrogen and oxygen atoms in total. The molecule has 0 radical (unpaired) electrons. The number of halogens is 1. The van der Waals surface area contributed by atoms with Gasteiger partial charge in [0.05, 0.1) is 0 Å². The van der Waals surface area contributed by atoms with Crippen molar-refractivity contribution in [3.05, 3.63) is 82.9 Å². The first-order valence-electron chi connectivity index (χ1n) is 11.4. The summed E-state index contributed by atoms with van der Waals surface area (Å²) in [6.45, 7) is 9.11. The van der Waals surface area contributed by atoms with Crippen molar-refractivity contribution in [3.8, 4) is 0 Å². The Morgan fingerprint density at radius 2 is 1.44 bits per heavy atom. The molecule has 0 fully saturated rings. The minimum atomic E-state index is -0.623. The van der Waals surface area contributed by atoms with Crippen molar-refractivity contribution in [3.63, 3.8) is 0 Å². The lowest BCUT2D eigenvalue weighted by Gasteiger charge is -2.30. The van der Waals surface area contributed by atoms with Crippen molar-refractivity contribution in [2.75, 3.05) is 13.1 Å². The summed E-state index contributed by atoms with van der Waals surface area (Å²) in [5, 5.41) is 11.1. The molecule has 0 aliphatic heterocycles.